The van der Waals surface area contributed by atoms with Crippen LogP contribution in [0.4, 0.5) is 0 Å². The Morgan fingerprint density at radius 3 is 1.90 bits per heavy atom. The average Bonchev–Trinajstić information content (AvgIpc) is 2.56. The topological polar surface area (TPSA) is 29.5 Å². The van der Waals surface area contributed by atoms with Gasteiger partial charge in [-0.1, -0.05) is 38.5 Å². The van der Waals surface area contributed by atoms with E-state index in [2.05, 4.69) is 4.90 Å². The Morgan fingerprint density at radius 2 is 1.43 bits per heavy atom. The van der Waals surface area contributed by atoms with Crippen molar-refractivity contribution in [2.45, 2.75) is 95.6 Å². The molecule has 0 amide bonds. The standard InChI is InChI=1S/C18H33NO2/c1-21-18(20)14-8-9-15-19(16-10-4-2-5-11-16)17-12-6-3-7-13-17/h16-17H,2-15H2,1H3. The Kier molecular flexibility index (Phi) is 7.56. The summed E-state index contributed by atoms with van der Waals surface area (Å²) in [5, 5.41) is 0. The first-order valence-corrected chi connectivity index (χ1v) is 9.14. The maximum Gasteiger partial charge on any atom is 0.305 e. The summed E-state index contributed by atoms with van der Waals surface area (Å²) in [6, 6.07) is 1.64. The van der Waals surface area contributed by atoms with Crippen LogP contribution in [0, 0.1) is 0 Å². The molecule has 0 saturated heterocycles. The van der Waals surface area contributed by atoms with E-state index in [0.717, 1.165) is 24.9 Å². The summed E-state index contributed by atoms with van der Waals surface area (Å²) >= 11 is 0. The Morgan fingerprint density at radius 1 is 0.905 bits per heavy atom. The number of hydrogen-bond donors (Lipinski definition) is 0. The van der Waals surface area contributed by atoms with E-state index >= 15 is 0 Å². The molecule has 0 radical (unpaired) electrons. The van der Waals surface area contributed by atoms with Gasteiger partial charge in [-0.15, -0.1) is 0 Å². The van der Waals surface area contributed by atoms with Gasteiger partial charge in [0.05, 0.1) is 7.11 Å². The van der Waals surface area contributed by atoms with Crippen LogP contribution in [0.3, 0.4) is 0 Å². The van der Waals surface area contributed by atoms with E-state index in [-0.39, 0.29) is 5.97 Å². The molecular weight excluding hydrogens is 262 g/mol. The second-order valence-corrected chi connectivity index (χ2v) is 6.85. The van der Waals surface area contributed by atoms with Crippen molar-refractivity contribution >= 4 is 5.97 Å². The first-order chi connectivity index (χ1) is 10.3. The number of carbonyl (C=O) groups is 1. The molecule has 0 unspecified atom stereocenters. The molecule has 2 aliphatic carbocycles. The van der Waals surface area contributed by atoms with Crippen LogP contribution in [0.1, 0.15) is 83.5 Å². The smallest absolute Gasteiger partial charge is 0.305 e. The lowest BCUT2D eigenvalue weighted by molar-refractivity contribution is -0.140. The summed E-state index contributed by atoms with van der Waals surface area (Å²) in [5.74, 6) is -0.0584. The van der Waals surface area contributed by atoms with Gasteiger partial charge < -0.3 is 4.74 Å². The first kappa shape index (κ1) is 16.8. The number of unbranched alkanes of at least 4 members (excludes halogenated alkanes) is 1. The molecule has 0 N–H and O–H groups in total. The SMILES string of the molecule is COC(=O)CCCCN(C1CCCCC1)C1CCCCC1. The van der Waals surface area contributed by atoms with Crippen molar-refractivity contribution < 1.29 is 9.53 Å². The van der Waals surface area contributed by atoms with Gasteiger partial charge in [-0.3, -0.25) is 9.69 Å². The van der Waals surface area contributed by atoms with Crippen LogP contribution in [0.15, 0.2) is 0 Å². The second-order valence-electron chi connectivity index (χ2n) is 6.85. The number of carbonyl (C=O) groups excluding carboxylic acids is 1. The van der Waals surface area contributed by atoms with Crippen molar-refractivity contribution in [3.63, 3.8) is 0 Å². The third kappa shape index (κ3) is 5.61. The van der Waals surface area contributed by atoms with Crippen LogP contribution in [0.5, 0.6) is 0 Å². The molecule has 122 valence electrons. The number of nitrogens with zero attached hydrogens (tertiary/aromatic N) is 1. The normalized spacial score (nSPS) is 21.6. The maximum absolute atomic E-state index is 11.2. The van der Waals surface area contributed by atoms with Crippen LogP contribution in [0.25, 0.3) is 0 Å². The Bertz CT molecular complexity index is 276. The molecule has 3 nitrogen and oxygen atoms in total. The highest BCUT2D eigenvalue weighted by Crippen LogP contribution is 2.30. The number of hydrogen-bond acceptors (Lipinski definition) is 3. The van der Waals surface area contributed by atoms with E-state index < -0.39 is 0 Å². The van der Waals surface area contributed by atoms with Gasteiger partial charge in [-0.05, 0) is 45.1 Å². The van der Waals surface area contributed by atoms with Crippen molar-refractivity contribution in [3.8, 4) is 0 Å². The largest absolute Gasteiger partial charge is 0.469 e. The second kappa shape index (κ2) is 9.45. The fourth-order valence-electron chi connectivity index (χ4n) is 4.15. The Balaban J connectivity index is 1.80. The van der Waals surface area contributed by atoms with Crippen molar-refractivity contribution in [1.29, 1.82) is 0 Å². The molecule has 0 spiro atoms. The molecule has 0 aromatic carbocycles. The summed E-state index contributed by atoms with van der Waals surface area (Å²) < 4.78 is 4.74. The van der Waals surface area contributed by atoms with Crippen molar-refractivity contribution in [2.75, 3.05) is 13.7 Å². The minimum Gasteiger partial charge on any atom is -0.469 e. The Labute approximate surface area is 130 Å². The highest BCUT2D eigenvalue weighted by atomic mass is 16.5. The van der Waals surface area contributed by atoms with Crippen LogP contribution in [-0.2, 0) is 9.53 Å². The molecule has 0 heterocycles. The van der Waals surface area contributed by atoms with Gasteiger partial charge in [-0.25, -0.2) is 0 Å². The molecule has 2 rings (SSSR count). The maximum atomic E-state index is 11.2. The van der Waals surface area contributed by atoms with Crippen molar-refractivity contribution in [3.05, 3.63) is 0 Å². The highest BCUT2D eigenvalue weighted by molar-refractivity contribution is 5.68. The fourth-order valence-corrected chi connectivity index (χ4v) is 4.15. The van der Waals surface area contributed by atoms with E-state index in [1.807, 2.05) is 0 Å². The molecule has 0 aromatic rings. The van der Waals surface area contributed by atoms with Gasteiger partial charge in [-0.2, -0.15) is 0 Å². The number of ether oxygens (including phenoxy) is 1. The molecule has 21 heavy (non-hydrogen) atoms. The minimum absolute atomic E-state index is 0.0584. The summed E-state index contributed by atoms with van der Waals surface area (Å²) in [5.41, 5.74) is 0. The highest BCUT2D eigenvalue weighted by Gasteiger charge is 2.28. The molecule has 0 aliphatic heterocycles. The van der Waals surface area contributed by atoms with Gasteiger partial charge in [0.1, 0.15) is 0 Å². The van der Waals surface area contributed by atoms with E-state index in [0.29, 0.717) is 6.42 Å². The molecule has 2 fully saturated rings. The third-order valence-electron chi connectivity index (χ3n) is 5.36. The van der Waals surface area contributed by atoms with Crippen LogP contribution in [0.2, 0.25) is 0 Å². The van der Waals surface area contributed by atoms with Gasteiger partial charge >= 0.3 is 5.97 Å². The van der Waals surface area contributed by atoms with Gasteiger partial charge in [0.15, 0.2) is 0 Å². The molecule has 0 aromatic heterocycles. The van der Waals surface area contributed by atoms with Crippen LogP contribution >= 0.6 is 0 Å². The van der Waals surface area contributed by atoms with E-state index in [4.69, 9.17) is 4.74 Å². The molecule has 2 aliphatic rings. The van der Waals surface area contributed by atoms with Crippen LogP contribution in [-0.4, -0.2) is 36.6 Å². The number of methoxy groups -OCH3 is 1. The lowest BCUT2D eigenvalue weighted by Crippen LogP contribution is -2.45. The monoisotopic (exact) mass is 295 g/mol. The van der Waals surface area contributed by atoms with Gasteiger partial charge in [0.2, 0.25) is 0 Å². The zero-order chi connectivity index (χ0) is 14.9. The van der Waals surface area contributed by atoms with Crippen LogP contribution < -0.4 is 0 Å². The van der Waals surface area contributed by atoms with Gasteiger partial charge in [0.25, 0.3) is 0 Å². The van der Waals surface area contributed by atoms with E-state index in [1.165, 1.54) is 77.9 Å². The molecular formula is C18H33NO2. The lowest BCUT2D eigenvalue weighted by atomic mass is 9.88. The van der Waals surface area contributed by atoms with Crippen molar-refractivity contribution in [2.24, 2.45) is 0 Å². The van der Waals surface area contributed by atoms with E-state index in [9.17, 15) is 4.79 Å². The quantitative estimate of drug-likeness (QED) is 0.518. The van der Waals surface area contributed by atoms with Crippen molar-refractivity contribution in [1.82, 2.24) is 4.90 Å². The molecule has 0 atom stereocenters. The molecule has 3 heteroatoms. The predicted molar refractivity (Wildman–Crippen MR) is 86.3 cm³/mol. The number of esters is 1. The summed E-state index contributed by atoms with van der Waals surface area (Å²) in [6.07, 6.45) is 16.8. The fraction of sp³-hybridized carbons (Fsp3) is 0.944. The summed E-state index contributed by atoms with van der Waals surface area (Å²) in [4.78, 5) is 14.1. The average molecular weight is 295 g/mol. The molecule has 2 saturated carbocycles. The summed E-state index contributed by atoms with van der Waals surface area (Å²) in [6.45, 7) is 1.19. The zero-order valence-corrected chi connectivity index (χ0v) is 13.8. The molecule has 0 bridgehead atoms. The summed E-state index contributed by atoms with van der Waals surface area (Å²) in [7, 11) is 1.48. The first-order valence-electron chi connectivity index (χ1n) is 9.14. The number of rotatable bonds is 7. The van der Waals surface area contributed by atoms with Gasteiger partial charge in [0, 0.05) is 18.5 Å². The minimum atomic E-state index is -0.0584. The zero-order valence-electron chi connectivity index (χ0n) is 13.8. The predicted octanol–water partition coefficient (Wildman–Crippen LogP) is 4.30. The lowest BCUT2D eigenvalue weighted by Gasteiger charge is -2.41. The third-order valence-corrected chi connectivity index (χ3v) is 5.36. The van der Waals surface area contributed by atoms with E-state index in [1.54, 1.807) is 0 Å². The Hall–Kier alpha value is -0.570.